The summed E-state index contributed by atoms with van der Waals surface area (Å²) >= 11 is 0. The Morgan fingerprint density at radius 3 is 2.62 bits per heavy atom. The van der Waals surface area contributed by atoms with Crippen molar-refractivity contribution in [2.24, 2.45) is 0 Å². The number of aliphatic hydroxyl groups excluding tert-OH is 1. The highest BCUT2D eigenvalue weighted by atomic mass is 16.4. The Labute approximate surface area is 79.0 Å². The molecule has 0 aromatic heterocycles. The minimum atomic E-state index is -0.815. The largest absolute Gasteiger partial charge is 0.481 e. The topological polar surface area (TPSA) is 69.6 Å². The monoisotopic (exact) mass is 189 g/mol. The van der Waals surface area contributed by atoms with E-state index in [4.69, 9.17) is 5.11 Å². The SMILES string of the molecule is CCCC(O)CNC(C)CC(=O)O. The second-order valence-corrected chi connectivity index (χ2v) is 3.35. The van der Waals surface area contributed by atoms with Crippen LogP contribution in [0, 0.1) is 0 Å². The predicted molar refractivity (Wildman–Crippen MR) is 50.6 cm³/mol. The van der Waals surface area contributed by atoms with Crippen LogP contribution >= 0.6 is 0 Å². The minimum Gasteiger partial charge on any atom is -0.481 e. The third-order valence-electron chi connectivity index (χ3n) is 1.80. The van der Waals surface area contributed by atoms with Crippen LogP contribution in [0.3, 0.4) is 0 Å². The Balaban J connectivity index is 3.45. The fourth-order valence-corrected chi connectivity index (χ4v) is 1.11. The molecule has 4 nitrogen and oxygen atoms in total. The molecule has 0 aromatic rings. The van der Waals surface area contributed by atoms with Crippen LogP contribution in [0.2, 0.25) is 0 Å². The van der Waals surface area contributed by atoms with E-state index in [-0.39, 0.29) is 18.6 Å². The van der Waals surface area contributed by atoms with Crippen molar-refractivity contribution in [1.82, 2.24) is 5.32 Å². The fourth-order valence-electron chi connectivity index (χ4n) is 1.11. The molecule has 0 aromatic carbocycles. The molecule has 78 valence electrons. The molecule has 0 saturated carbocycles. The van der Waals surface area contributed by atoms with Crippen LogP contribution in [0.5, 0.6) is 0 Å². The molecule has 0 heterocycles. The molecule has 0 aliphatic carbocycles. The van der Waals surface area contributed by atoms with Gasteiger partial charge in [-0.1, -0.05) is 13.3 Å². The number of aliphatic hydroxyl groups is 1. The zero-order valence-corrected chi connectivity index (χ0v) is 8.29. The molecule has 13 heavy (non-hydrogen) atoms. The minimum absolute atomic E-state index is 0.0796. The van der Waals surface area contributed by atoms with Gasteiger partial charge < -0.3 is 15.5 Å². The summed E-state index contributed by atoms with van der Waals surface area (Å²) in [6.07, 6.45) is 1.43. The van der Waals surface area contributed by atoms with E-state index >= 15 is 0 Å². The van der Waals surface area contributed by atoms with E-state index in [0.717, 1.165) is 12.8 Å². The van der Waals surface area contributed by atoms with Crippen molar-refractivity contribution >= 4 is 5.97 Å². The summed E-state index contributed by atoms with van der Waals surface area (Å²) in [6.45, 7) is 4.28. The summed E-state index contributed by atoms with van der Waals surface area (Å²) in [5.74, 6) is -0.815. The molecule has 0 rings (SSSR count). The van der Waals surface area contributed by atoms with Crippen molar-refractivity contribution in [3.63, 3.8) is 0 Å². The lowest BCUT2D eigenvalue weighted by atomic mass is 10.2. The van der Waals surface area contributed by atoms with Crippen LogP contribution in [0.15, 0.2) is 0 Å². The van der Waals surface area contributed by atoms with Gasteiger partial charge in [0.15, 0.2) is 0 Å². The average molecular weight is 189 g/mol. The van der Waals surface area contributed by atoms with Gasteiger partial charge in [-0.15, -0.1) is 0 Å². The van der Waals surface area contributed by atoms with Gasteiger partial charge in [0.2, 0.25) is 0 Å². The number of carboxylic acids is 1. The van der Waals surface area contributed by atoms with E-state index in [1.165, 1.54) is 0 Å². The van der Waals surface area contributed by atoms with Crippen LogP contribution in [-0.4, -0.2) is 34.9 Å². The number of rotatable bonds is 7. The quantitative estimate of drug-likeness (QED) is 0.548. The second-order valence-electron chi connectivity index (χ2n) is 3.35. The van der Waals surface area contributed by atoms with Gasteiger partial charge in [0, 0.05) is 12.6 Å². The summed E-state index contributed by atoms with van der Waals surface area (Å²) in [7, 11) is 0. The lowest BCUT2D eigenvalue weighted by Crippen LogP contribution is -2.35. The molecule has 0 bridgehead atoms. The van der Waals surface area contributed by atoms with Crippen molar-refractivity contribution in [2.75, 3.05) is 6.54 Å². The normalized spacial score (nSPS) is 15.3. The molecule has 2 atom stereocenters. The van der Waals surface area contributed by atoms with E-state index in [2.05, 4.69) is 5.32 Å². The summed E-state index contributed by atoms with van der Waals surface area (Å²) in [5, 5.41) is 20.7. The Bertz CT molecular complexity index is 150. The van der Waals surface area contributed by atoms with E-state index in [9.17, 15) is 9.90 Å². The van der Waals surface area contributed by atoms with Crippen LogP contribution in [0.4, 0.5) is 0 Å². The second kappa shape index (κ2) is 6.86. The number of carboxylic acid groups (broad SMARTS) is 1. The molecule has 4 heteroatoms. The highest BCUT2D eigenvalue weighted by Crippen LogP contribution is 1.96. The maximum atomic E-state index is 10.3. The van der Waals surface area contributed by atoms with Gasteiger partial charge in [0.1, 0.15) is 0 Å². The van der Waals surface area contributed by atoms with E-state index < -0.39 is 5.97 Å². The first-order valence-electron chi connectivity index (χ1n) is 4.69. The Kier molecular flexibility index (Phi) is 6.54. The maximum Gasteiger partial charge on any atom is 0.304 e. The van der Waals surface area contributed by atoms with E-state index in [1.54, 1.807) is 6.92 Å². The molecular formula is C9H19NO3. The van der Waals surface area contributed by atoms with E-state index in [0.29, 0.717) is 6.54 Å². The molecule has 0 amide bonds. The molecule has 0 fully saturated rings. The number of carbonyl (C=O) groups is 1. The first-order chi connectivity index (χ1) is 6.06. The zero-order chi connectivity index (χ0) is 10.3. The third kappa shape index (κ3) is 7.74. The molecule has 0 radical (unpaired) electrons. The van der Waals surface area contributed by atoms with Crippen molar-refractivity contribution < 1.29 is 15.0 Å². The van der Waals surface area contributed by atoms with Crippen molar-refractivity contribution in [1.29, 1.82) is 0 Å². The van der Waals surface area contributed by atoms with Gasteiger partial charge in [-0.05, 0) is 13.3 Å². The average Bonchev–Trinajstić information content (AvgIpc) is 2.00. The van der Waals surface area contributed by atoms with Gasteiger partial charge in [0.25, 0.3) is 0 Å². The molecule has 2 unspecified atom stereocenters. The number of aliphatic carboxylic acids is 1. The molecule has 0 spiro atoms. The van der Waals surface area contributed by atoms with Crippen LogP contribution in [-0.2, 0) is 4.79 Å². The van der Waals surface area contributed by atoms with Gasteiger partial charge >= 0.3 is 5.97 Å². The van der Waals surface area contributed by atoms with Crippen LogP contribution < -0.4 is 5.32 Å². The lowest BCUT2D eigenvalue weighted by Gasteiger charge is -2.14. The molecule has 3 N–H and O–H groups in total. The lowest BCUT2D eigenvalue weighted by molar-refractivity contribution is -0.137. The van der Waals surface area contributed by atoms with Crippen molar-refractivity contribution in [3.8, 4) is 0 Å². The Morgan fingerprint density at radius 1 is 1.54 bits per heavy atom. The third-order valence-corrected chi connectivity index (χ3v) is 1.80. The van der Waals surface area contributed by atoms with Crippen molar-refractivity contribution in [2.45, 2.75) is 45.3 Å². The Morgan fingerprint density at radius 2 is 2.15 bits per heavy atom. The smallest absolute Gasteiger partial charge is 0.304 e. The van der Waals surface area contributed by atoms with Gasteiger partial charge in [0.05, 0.1) is 12.5 Å². The fraction of sp³-hybridized carbons (Fsp3) is 0.889. The number of hydrogen-bond acceptors (Lipinski definition) is 3. The summed E-state index contributed by atoms with van der Waals surface area (Å²) in [6, 6.07) is -0.0796. The molecular weight excluding hydrogens is 170 g/mol. The maximum absolute atomic E-state index is 10.3. The number of hydrogen-bond donors (Lipinski definition) is 3. The number of nitrogens with one attached hydrogen (secondary N) is 1. The predicted octanol–water partition coefficient (Wildman–Crippen LogP) is 0.600. The molecule has 0 saturated heterocycles. The van der Waals surface area contributed by atoms with Crippen molar-refractivity contribution in [3.05, 3.63) is 0 Å². The van der Waals surface area contributed by atoms with E-state index in [1.807, 2.05) is 6.92 Å². The van der Waals surface area contributed by atoms with Crippen LogP contribution in [0.25, 0.3) is 0 Å². The van der Waals surface area contributed by atoms with Gasteiger partial charge in [-0.2, -0.15) is 0 Å². The summed E-state index contributed by atoms with van der Waals surface area (Å²) < 4.78 is 0. The zero-order valence-electron chi connectivity index (χ0n) is 8.29. The van der Waals surface area contributed by atoms with Gasteiger partial charge in [-0.3, -0.25) is 4.79 Å². The van der Waals surface area contributed by atoms with Gasteiger partial charge in [-0.25, -0.2) is 0 Å². The highest BCUT2D eigenvalue weighted by Gasteiger charge is 2.08. The first kappa shape index (κ1) is 12.4. The van der Waals surface area contributed by atoms with Crippen LogP contribution in [0.1, 0.15) is 33.1 Å². The molecule has 0 aliphatic rings. The summed E-state index contributed by atoms with van der Waals surface area (Å²) in [4.78, 5) is 10.3. The Hall–Kier alpha value is -0.610. The molecule has 0 aliphatic heterocycles. The summed E-state index contributed by atoms with van der Waals surface area (Å²) in [5.41, 5.74) is 0. The standard InChI is InChI=1S/C9H19NO3/c1-3-4-8(11)6-10-7(2)5-9(12)13/h7-8,10-11H,3-6H2,1-2H3,(H,12,13). The highest BCUT2D eigenvalue weighted by molar-refractivity contribution is 5.67. The first-order valence-corrected chi connectivity index (χ1v) is 4.69.